The molecule has 0 atom stereocenters. The summed E-state index contributed by atoms with van der Waals surface area (Å²) in [5.41, 5.74) is 7.35. The summed E-state index contributed by atoms with van der Waals surface area (Å²) in [6.45, 7) is 10.4. The molecule has 2 N–H and O–H groups in total. The lowest BCUT2D eigenvalue weighted by molar-refractivity contribution is 0.936. The van der Waals surface area contributed by atoms with Crippen molar-refractivity contribution in [1.82, 2.24) is 10.7 Å². The highest BCUT2D eigenvalue weighted by atomic mass is 32.1. The van der Waals surface area contributed by atoms with Gasteiger partial charge < -0.3 is 5.32 Å². The Morgan fingerprint density at radius 2 is 2.11 bits per heavy atom. The molecule has 3 nitrogen and oxygen atoms in total. The Labute approximate surface area is 114 Å². The summed E-state index contributed by atoms with van der Waals surface area (Å²) in [5.74, 6) is 0. The summed E-state index contributed by atoms with van der Waals surface area (Å²) < 4.78 is 0. The van der Waals surface area contributed by atoms with Gasteiger partial charge in [0, 0.05) is 6.54 Å². The van der Waals surface area contributed by atoms with Gasteiger partial charge in [-0.05, 0) is 55.7 Å². The molecule has 0 radical (unpaired) electrons. The molecule has 0 fully saturated rings. The zero-order valence-electron chi connectivity index (χ0n) is 11.1. The minimum absolute atomic E-state index is 0.498. The summed E-state index contributed by atoms with van der Waals surface area (Å²) in [7, 11) is 0. The van der Waals surface area contributed by atoms with Gasteiger partial charge in [0.25, 0.3) is 0 Å². The molecule has 0 unspecified atom stereocenters. The molecule has 0 bridgehead atoms. The zero-order chi connectivity index (χ0) is 13.5. The van der Waals surface area contributed by atoms with E-state index in [1.807, 2.05) is 6.92 Å². The van der Waals surface area contributed by atoms with Crippen LogP contribution in [0.5, 0.6) is 0 Å². The standard InChI is InChI=1S/C14H19N3S/c1-5-8-15-14(18)17-16-12(4)13-7-6-10(2)11(3)9-13/h5-7,9H,1,8H2,2-4H3,(H2,15,17,18). The molecule has 18 heavy (non-hydrogen) atoms. The minimum atomic E-state index is 0.498. The van der Waals surface area contributed by atoms with Crippen LogP contribution in [0.25, 0.3) is 0 Å². The van der Waals surface area contributed by atoms with Crippen molar-refractivity contribution in [2.75, 3.05) is 6.54 Å². The van der Waals surface area contributed by atoms with Gasteiger partial charge in [-0.25, -0.2) is 0 Å². The Morgan fingerprint density at radius 3 is 2.72 bits per heavy atom. The van der Waals surface area contributed by atoms with Crippen molar-refractivity contribution >= 4 is 23.0 Å². The molecule has 0 aromatic heterocycles. The van der Waals surface area contributed by atoms with Crippen LogP contribution in [0, 0.1) is 13.8 Å². The number of nitrogens with one attached hydrogen (secondary N) is 2. The molecule has 0 aliphatic heterocycles. The predicted octanol–water partition coefficient (Wildman–Crippen LogP) is 2.68. The molecule has 0 aliphatic rings. The van der Waals surface area contributed by atoms with Crippen LogP contribution >= 0.6 is 12.2 Å². The summed E-state index contributed by atoms with van der Waals surface area (Å²) in [6.07, 6.45) is 1.74. The highest BCUT2D eigenvalue weighted by molar-refractivity contribution is 7.80. The number of benzene rings is 1. The number of hydrazone groups is 1. The summed E-state index contributed by atoms with van der Waals surface area (Å²) >= 11 is 5.06. The summed E-state index contributed by atoms with van der Waals surface area (Å²) in [4.78, 5) is 0. The van der Waals surface area contributed by atoms with Crippen LogP contribution < -0.4 is 10.7 Å². The summed E-state index contributed by atoms with van der Waals surface area (Å²) in [6, 6.07) is 6.27. The van der Waals surface area contributed by atoms with Crippen molar-refractivity contribution < 1.29 is 0 Å². The second kappa shape index (κ2) is 6.91. The third kappa shape index (κ3) is 4.30. The third-order valence-electron chi connectivity index (χ3n) is 2.66. The topological polar surface area (TPSA) is 36.4 Å². The van der Waals surface area contributed by atoms with Gasteiger partial charge in [-0.3, -0.25) is 5.43 Å². The van der Waals surface area contributed by atoms with Crippen LogP contribution in [0.4, 0.5) is 0 Å². The molecule has 96 valence electrons. The maximum atomic E-state index is 5.06. The van der Waals surface area contributed by atoms with Gasteiger partial charge in [-0.2, -0.15) is 5.10 Å². The third-order valence-corrected chi connectivity index (χ3v) is 2.89. The zero-order valence-corrected chi connectivity index (χ0v) is 11.9. The van der Waals surface area contributed by atoms with Crippen molar-refractivity contribution in [3.05, 3.63) is 47.5 Å². The first-order valence-electron chi connectivity index (χ1n) is 5.81. The Bertz CT molecular complexity index is 478. The van der Waals surface area contributed by atoms with E-state index in [1.165, 1.54) is 11.1 Å². The highest BCUT2D eigenvalue weighted by Crippen LogP contribution is 2.10. The van der Waals surface area contributed by atoms with Gasteiger partial charge in [-0.1, -0.05) is 18.2 Å². The second-order valence-electron chi connectivity index (χ2n) is 4.11. The Hall–Kier alpha value is -1.68. The number of thiocarbonyl (C=S) groups is 1. The van der Waals surface area contributed by atoms with Gasteiger partial charge in [0.1, 0.15) is 0 Å². The van der Waals surface area contributed by atoms with E-state index in [2.05, 4.69) is 54.5 Å². The van der Waals surface area contributed by atoms with Crippen molar-refractivity contribution in [3.63, 3.8) is 0 Å². The van der Waals surface area contributed by atoms with Crippen LogP contribution in [0.15, 0.2) is 36.0 Å². The van der Waals surface area contributed by atoms with Gasteiger partial charge >= 0.3 is 0 Å². The number of hydrogen-bond acceptors (Lipinski definition) is 2. The number of nitrogens with zero attached hydrogens (tertiary/aromatic N) is 1. The lowest BCUT2D eigenvalue weighted by atomic mass is 10.0. The first-order chi connectivity index (χ1) is 8.54. The molecule has 0 aliphatic carbocycles. The van der Waals surface area contributed by atoms with E-state index >= 15 is 0 Å². The van der Waals surface area contributed by atoms with Gasteiger partial charge in [0.05, 0.1) is 5.71 Å². The lowest BCUT2D eigenvalue weighted by Gasteiger charge is -2.07. The van der Waals surface area contributed by atoms with Gasteiger partial charge in [0.2, 0.25) is 0 Å². The molecule has 0 amide bonds. The van der Waals surface area contributed by atoms with Crippen molar-refractivity contribution in [1.29, 1.82) is 0 Å². The van der Waals surface area contributed by atoms with E-state index in [0.717, 1.165) is 11.3 Å². The fourth-order valence-corrected chi connectivity index (χ4v) is 1.50. The maximum absolute atomic E-state index is 5.06. The Morgan fingerprint density at radius 1 is 1.39 bits per heavy atom. The van der Waals surface area contributed by atoms with Gasteiger partial charge in [0.15, 0.2) is 5.11 Å². The van der Waals surface area contributed by atoms with Crippen LogP contribution in [-0.4, -0.2) is 17.4 Å². The highest BCUT2D eigenvalue weighted by Gasteiger charge is 2.00. The van der Waals surface area contributed by atoms with Crippen LogP contribution in [0.3, 0.4) is 0 Å². The Kier molecular flexibility index (Phi) is 5.52. The second-order valence-corrected chi connectivity index (χ2v) is 4.52. The molecule has 1 rings (SSSR count). The quantitative estimate of drug-likeness (QED) is 0.379. The van der Waals surface area contributed by atoms with Crippen LogP contribution in [-0.2, 0) is 0 Å². The average molecular weight is 261 g/mol. The predicted molar refractivity (Wildman–Crippen MR) is 82.1 cm³/mol. The molecule has 0 heterocycles. The average Bonchev–Trinajstić information content (AvgIpc) is 2.36. The van der Waals surface area contributed by atoms with E-state index < -0.39 is 0 Å². The molecule has 4 heteroatoms. The minimum Gasteiger partial charge on any atom is -0.358 e. The van der Waals surface area contributed by atoms with E-state index in [-0.39, 0.29) is 0 Å². The molecule has 1 aromatic rings. The van der Waals surface area contributed by atoms with Crippen molar-refractivity contribution in [2.24, 2.45) is 5.10 Å². The molecule has 0 saturated carbocycles. The van der Waals surface area contributed by atoms with Gasteiger partial charge in [-0.15, -0.1) is 6.58 Å². The molecular formula is C14H19N3S. The number of aryl methyl sites for hydroxylation is 2. The molecule has 1 aromatic carbocycles. The summed E-state index contributed by atoms with van der Waals surface area (Å²) in [5, 5.41) is 7.70. The van der Waals surface area contributed by atoms with E-state index in [4.69, 9.17) is 12.2 Å². The molecular weight excluding hydrogens is 242 g/mol. The normalized spacial score (nSPS) is 10.9. The monoisotopic (exact) mass is 261 g/mol. The SMILES string of the molecule is C=CCNC(=S)NN=C(C)c1ccc(C)c(C)c1. The van der Waals surface area contributed by atoms with Crippen LogP contribution in [0.1, 0.15) is 23.6 Å². The van der Waals surface area contributed by atoms with Crippen molar-refractivity contribution in [2.45, 2.75) is 20.8 Å². The lowest BCUT2D eigenvalue weighted by Crippen LogP contribution is -2.32. The smallest absolute Gasteiger partial charge is 0.187 e. The first-order valence-corrected chi connectivity index (χ1v) is 6.22. The van der Waals surface area contributed by atoms with Crippen molar-refractivity contribution in [3.8, 4) is 0 Å². The number of rotatable bonds is 4. The first kappa shape index (κ1) is 14.4. The fourth-order valence-electron chi connectivity index (χ4n) is 1.37. The largest absolute Gasteiger partial charge is 0.358 e. The van der Waals surface area contributed by atoms with E-state index in [0.29, 0.717) is 11.7 Å². The molecule has 0 spiro atoms. The maximum Gasteiger partial charge on any atom is 0.187 e. The Balaban J connectivity index is 2.68. The van der Waals surface area contributed by atoms with E-state index in [9.17, 15) is 0 Å². The van der Waals surface area contributed by atoms with Crippen LogP contribution in [0.2, 0.25) is 0 Å². The fraction of sp³-hybridized carbons (Fsp3) is 0.286. The molecule has 0 saturated heterocycles. The number of hydrogen-bond donors (Lipinski definition) is 2. The van der Waals surface area contributed by atoms with E-state index in [1.54, 1.807) is 6.08 Å².